The topological polar surface area (TPSA) is 81.6 Å². The van der Waals surface area contributed by atoms with Crippen molar-refractivity contribution in [2.24, 2.45) is 0 Å². The molecule has 2 aromatic carbocycles. The fraction of sp³-hybridized carbons (Fsp3) is 0.118. The van der Waals surface area contributed by atoms with Crippen LogP contribution in [-0.2, 0) is 4.79 Å². The Labute approximate surface area is 147 Å². The van der Waals surface area contributed by atoms with Crippen molar-refractivity contribution in [1.82, 2.24) is 9.97 Å². The lowest BCUT2D eigenvalue weighted by molar-refractivity contribution is -0.113. The molecule has 3 rings (SSSR count). The zero-order valence-electron chi connectivity index (χ0n) is 12.7. The van der Waals surface area contributed by atoms with Gasteiger partial charge < -0.3 is 10.3 Å². The fourth-order valence-corrected chi connectivity index (χ4v) is 3.48. The monoisotopic (exact) mass is 354 g/mol. The maximum Gasteiger partial charge on any atom is 0.234 e. The lowest BCUT2D eigenvalue weighted by Gasteiger charge is -2.09. The Morgan fingerprint density at radius 2 is 1.96 bits per heavy atom. The largest absolute Gasteiger partial charge is 0.333 e. The van der Waals surface area contributed by atoms with Crippen molar-refractivity contribution in [1.29, 1.82) is 5.26 Å². The molecule has 0 fully saturated rings. The number of benzene rings is 2. The number of aromatic amines is 1. The number of nitrogens with zero attached hydrogens (tertiary/aromatic N) is 2. The first-order chi connectivity index (χ1) is 11.8. The number of carbonyl (C=O) groups excluding carboxylic acids is 1. The molecule has 0 aliphatic carbocycles. The second-order valence-corrected chi connectivity index (χ2v) is 6.82. The summed E-state index contributed by atoms with van der Waals surface area (Å²) in [5.74, 6) is 0.503. The van der Waals surface area contributed by atoms with E-state index in [1.807, 2.05) is 48.5 Å². The molecule has 2 N–H and O–H groups in total. The van der Waals surface area contributed by atoms with Crippen LogP contribution in [0.25, 0.3) is 11.0 Å². The SMILES string of the molecule is N#CCSc1ccccc1NC(=O)CSc1nc2ccccc2[nH]1. The van der Waals surface area contributed by atoms with Gasteiger partial charge >= 0.3 is 0 Å². The van der Waals surface area contributed by atoms with Gasteiger partial charge in [-0.1, -0.05) is 36.0 Å². The Hall–Kier alpha value is -2.43. The summed E-state index contributed by atoms with van der Waals surface area (Å²) in [5.41, 5.74) is 2.57. The number of thioether (sulfide) groups is 2. The van der Waals surface area contributed by atoms with Crippen molar-refractivity contribution in [3.63, 3.8) is 0 Å². The molecule has 3 aromatic rings. The highest BCUT2D eigenvalue weighted by atomic mass is 32.2. The molecule has 0 saturated heterocycles. The van der Waals surface area contributed by atoms with Gasteiger partial charge in [-0.05, 0) is 24.3 Å². The third-order valence-electron chi connectivity index (χ3n) is 3.16. The van der Waals surface area contributed by atoms with Crippen LogP contribution < -0.4 is 5.32 Å². The number of hydrogen-bond donors (Lipinski definition) is 2. The van der Waals surface area contributed by atoms with Crippen LogP contribution in [0.2, 0.25) is 0 Å². The van der Waals surface area contributed by atoms with Crippen molar-refractivity contribution >= 4 is 46.2 Å². The summed E-state index contributed by atoms with van der Waals surface area (Å²) in [5, 5.41) is 12.3. The number of nitriles is 1. The average molecular weight is 354 g/mol. The zero-order chi connectivity index (χ0) is 16.8. The van der Waals surface area contributed by atoms with Crippen LogP contribution in [-0.4, -0.2) is 27.4 Å². The van der Waals surface area contributed by atoms with E-state index in [1.165, 1.54) is 23.5 Å². The fourth-order valence-electron chi connectivity index (χ4n) is 2.12. The van der Waals surface area contributed by atoms with E-state index >= 15 is 0 Å². The Morgan fingerprint density at radius 1 is 1.17 bits per heavy atom. The van der Waals surface area contributed by atoms with Gasteiger partial charge in [0.05, 0.1) is 34.3 Å². The number of imidazole rings is 1. The molecule has 24 heavy (non-hydrogen) atoms. The van der Waals surface area contributed by atoms with Crippen LogP contribution in [0.1, 0.15) is 0 Å². The second kappa shape index (κ2) is 7.90. The Kier molecular flexibility index (Phi) is 5.41. The Balaban J connectivity index is 1.61. The average Bonchev–Trinajstić information content (AvgIpc) is 3.02. The van der Waals surface area contributed by atoms with Gasteiger partial charge in [0.15, 0.2) is 5.16 Å². The number of para-hydroxylation sites is 3. The minimum atomic E-state index is -0.106. The van der Waals surface area contributed by atoms with Crippen molar-refractivity contribution in [2.75, 3.05) is 16.8 Å². The highest BCUT2D eigenvalue weighted by molar-refractivity contribution is 8.00. The summed E-state index contributed by atoms with van der Waals surface area (Å²) in [6, 6.07) is 17.3. The number of nitrogens with one attached hydrogen (secondary N) is 2. The molecule has 0 aliphatic heterocycles. The highest BCUT2D eigenvalue weighted by Gasteiger charge is 2.09. The van der Waals surface area contributed by atoms with Gasteiger partial charge in [0, 0.05) is 4.90 Å². The van der Waals surface area contributed by atoms with E-state index in [1.54, 1.807) is 0 Å². The summed E-state index contributed by atoms with van der Waals surface area (Å²) >= 11 is 2.76. The molecule has 0 aliphatic rings. The van der Waals surface area contributed by atoms with Crippen molar-refractivity contribution < 1.29 is 4.79 Å². The molecule has 1 amide bonds. The predicted molar refractivity (Wildman–Crippen MR) is 98.2 cm³/mol. The molecule has 0 radical (unpaired) electrons. The van der Waals surface area contributed by atoms with Crippen LogP contribution >= 0.6 is 23.5 Å². The normalized spacial score (nSPS) is 10.5. The van der Waals surface area contributed by atoms with E-state index in [4.69, 9.17) is 5.26 Å². The molecule has 0 spiro atoms. The lowest BCUT2D eigenvalue weighted by Crippen LogP contribution is -2.14. The zero-order valence-corrected chi connectivity index (χ0v) is 14.3. The van der Waals surface area contributed by atoms with E-state index in [2.05, 4.69) is 21.4 Å². The number of amides is 1. The van der Waals surface area contributed by atoms with Gasteiger partial charge in [0.25, 0.3) is 0 Å². The van der Waals surface area contributed by atoms with Gasteiger partial charge in [-0.25, -0.2) is 4.98 Å². The lowest BCUT2D eigenvalue weighted by atomic mass is 10.3. The van der Waals surface area contributed by atoms with E-state index in [0.717, 1.165) is 26.8 Å². The smallest absolute Gasteiger partial charge is 0.234 e. The number of hydrogen-bond acceptors (Lipinski definition) is 5. The minimum Gasteiger partial charge on any atom is -0.333 e. The maximum absolute atomic E-state index is 12.2. The first-order valence-corrected chi connectivity index (χ1v) is 9.19. The Bertz CT molecular complexity index is 868. The molecule has 0 unspecified atom stereocenters. The van der Waals surface area contributed by atoms with Gasteiger partial charge in [-0.3, -0.25) is 4.79 Å². The van der Waals surface area contributed by atoms with E-state index in [-0.39, 0.29) is 11.7 Å². The first kappa shape index (κ1) is 16.4. The predicted octanol–water partition coefficient (Wildman–Crippen LogP) is 3.91. The summed E-state index contributed by atoms with van der Waals surface area (Å²) in [6.07, 6.45) is 0. The molecule has 7 heteroatoms. The number of fused-ring (bicyclic) bond motifs is 1. The van der Waals surface area contributed by atoms with Crippen LogP contribution in [0.3, 0.4) is 0 Å². The number of anilines is 1. The number of H-pyrrole nitrogens is 1. The molecular formula is C17H14N4OS2. The standard InChI is InChI=1S/C17H14N4OS2/c18-9-10-23-15-8-4-3-7-14(15)19-16(22)11-24-17-20-12-5-1-2-6-13(12)21-17/h1-8H,10-11H2,(H,19,22)(H,20,21). The molecular weight excluding hydrogens is 340 g/mol. The quantitative estimate of drug-likeness (QED) is 0.656. The van der Waals surface area contributed by atoms with E-state index in [9.17, 15) is 4.79 Å². The summed E-state index contributed by atoms with van der Waals surface area (Å²) in [6.45, 7) is 0. The van der Waals surface area contributed by atoms with Gasteiger partial charge in [0.1, 0.15) is 0 Å². The third kappa shape index (κ3) is 4.10. The number of rotatable bonds is 6. The molecule has 5 nitrogen and oxygen atoms in total. The first-order valence-electron chi connectivity index (χ1n) is 7.22. The third-order valence-corrected chi connectivity index (χ3v) is 4.97. The maximum atomic E-state index is 12.2. The molecule has 1 aromatic heterocycles. The summed E-state index contributed by atoms with van der Waals surface area (Å²) in [7, 11) is 0. The van der Waals surface area contributed by atoms with Crippen molar-refractivity contribution in [2.45, 2.75) is 10.1 Å². The van der Waals surface area contributed by atoms with Crippen LogP contribution in [0.4, 0.5) is 5.69 Å². The van der Waals surface area contributed by atoms with Gasteiger partial charge in [0.2, 0.25) is 5.91 Å². The van der Waals surface area contributed by atoms with Crippen molar-refractivity contribution in [3.05, 3.63) is 48.5 Å². The molecule has 0 atom stereocenters. The molecule has 1 heterocycles. The Morgan fingerprint density at radius 3 is 2.79 bits per heavy atom. The van der Waals surface area contributed by atoms with E-state index in [0.29, 0.717) is 5.75 Å². The van der Waals surface area contributed by atoms with E-state index < -0.39 is 0 Å². The summed E-state index contributed by atoms with van der Waals surface area (Å²) in [4.78, 5) is 20.7. The minimum absolute atomic E-state index is 0.106. The summed E-state index contributed by atoms with van der Waals surface area (Å²) < 4.78 is 0. The number of carbonyl (C=O) groups is 1. The second-order valence-electron chi connectivity index (χ2n) is 4.84. The van der Waals surface area contributed by atoms with Crippen LogP contribution in [0.15, 0.2) is 58.6 Å². The highest BCUT2D eigenvalue weighted by Crippen LogP contribution is 2.27. The van der Waals surface area contributed by atoms with Gasteiger partial charge in [-0.2, -0.15) is 5.26 Å². The van der Waals surface area contributed by atoms with Crippen LogP contribution in [0, 0.1) is 11.3 Å². The van der Waals surface area contributed by atoms with Crippen LogP contribution in [0.5, 0.6) is 0 Å². The molecule has 0 saturated carbocycles. The number of aromatic nitrogens is 2. The molecule has 0 bridgehead atoms. The molecule has 120 valence electrons. The van der Waals surface area contributed by atoms with Gasteiger partial charge in [-0.15, -0.1) is 11.8 Å². The van der Waals surface area contributed by atoms with Crippen molar-refractivity contribution in [3.8, 4) is 6.07 Å².